The Labute approximate surface area is 148 Å². The van der Waals surface area contributed by atoms with Crippen molar-refractivity contribution in [1.82, 2.24) is 5.01 Å². The summed E-state index contributed by atoms with van der Waals surface area (Å²) in [7, 11) is 1.70. The predicted molar refractivity (Wildman–Crippen MR) is 97.0 cm³/mol. The van der Waals surface area contributed by atoms with Gasteiger partial charge in [0.15, 0.2) is 5.72 Å². The largest absolute Gasteiger partial charge is 0.497 e. The quantitative estimate of drug-likeness (QED) is 0.810. The number of fused-ring (bicyclic) bond motifs is 4. The van der Waals surface area contributed by atoms with Crippen molar-refractivity contribution >= 4 is 5.71 Å². The molecule has 1 atom stereocenters. The number of para-hydroxylation sites is 1. The van der Waals surface area contributed by atoms with E-state index in [-0.39, 0.29) is 11.8 Å². The molecule has 0 bridgehead atoms. The van der Waals surface area contributed by atoms with Crippen molar-refractivity contribution in [2.75, 3.05) is 7.11 Å². The second-order valence-corrected chi connectivity index (χ2v) is 7.14. The Morgan fingerprint density at radius 2 is 1.96 bits per heavy atom. The van der Waals surface area contributed by atoms with Crippen molar-refractivity contribution in [1.29, 1.82) is 0 Å². The van der Waals surface area contributed by atoms with E-state index in [0.29, 0.717) is 0 Å². The van der Waals surface area contributed by atoms with Gasteiger partial charge in [-0.05, 0) is 31.0 Å². The molecular weight excluding hydrogens is 312 g/mol. The number of hydrogen-bond donors (Lipinski definition) is 0. The molecule has 5 rings (SSSR count). The topological polar surface area (TPSA) is 34.1 Å². The van der Waals surface area contributed by atoms with Crippen LogP contribution in [0.4, 0.5) is 0 Å². The molecule has 0 radical (unpaired) electrons. The molecule has 128 valence electrons. The smallest absolute Gasteiger partial charge is 0.198 e. The zero-order valence-corrected chi connectivity index (χ0v) is 14.4. The number of hydrazone groups is 1. The van der Waals surface area contributed by atoms with Crippen LogP contribution >= 0.6 is 0 Å². The summed E-state index contributed by atoms with van der Waals surface area (Å²) >= 11 is 0. The van der Waals surface area contributed by atoms with Crippen molar-refractivity contribution in [2.45, 2.75) is 43.9 Å². The lowest BCUT2D eigenvalue weighted by Gasteiger charge is -2.45. The number of hydrogen-bond acceptors (Lipinski definition) is 4. The lowest BCUT2D eigenvalue weighted by atomic mass is 9.94. The summed E-state index contributed by atoms with van der Waals surface area (Å²) < 4.78 is 11.9. The molecule has 2 aliphatic heterocycles. The van der Waals surface area contributed by atoms with Gasteiger partial charge in [0.05, 0.1) is 18.9 Å². The van der Waals surface area contributed by atoms with Crippen molar-refractivity contribution in [3.05, 3.63) is 59.7 Å². The Balaban J connectivity index is 1.59. The molecule has 2 aromatic carbocycles. The minimum Gasteiger partial charge on any atom is -0.497 e. The molecule has 2 aromatic rings. The molecule has 0 saturated heterocycles. The molecule has 0 unspecified atom stereocenters. The molecule has 3 aliphatic rings. The highest BCUT2D eigenvalue weighted by Crippen LogP contribution is 2.51. The molecule has 0 N–H and O–H groups in total. The van der Waals surface area contributed by atoms with Crippen molar-refractivity contribution in [3.8, 4) is 11.5 Å². The summed E-state index contributed by atoms with van der Waals surface area (Å²) in [6.07, 6.45) is 5.42. The standard InChI is InChI=1S/C21H22N2O2/c1-24-16-8-6-7-15(13-16)18-14-19-17-9-2-3-10-20(17)25-21(23(19)22-18)11-4-5-12-21/h2-3,6-10,13,19H,4-5,11-12,14H2,1H3/t19-/m0/s1. The van der Waals surface area contributed by atoms with Crippen LogP contribution in [0.5, 0.6) is 11.5 Å². The number of methoxy groups -OCH3 is 1. The highest BCUT2D eigenvalue weighted by atomic mass is 16.5. The van der Waals surface area contributed by atoms with E-state index in [1.54, 1.807) is 7.11 Å². The normalized spacial score (nSPS) is 23.0. The fourth-order valence-electron chi connectivity index (χ4n) is 4.46. The minimum absolute atomic E-state index is 0.264. The summed E-state index contributed by atoms with van der Waals surface area (Å²) in [6, 6.07) is 16.9. The molecule has 2 heterocycles. The van der Waals surface area contributed by atoms with Crippen LogP contribution in [0, 0.1) is 0 Å². The molecule has 0 amide bonds. The van der Waals surface area contributed by atoms with Gasteiger partial charge in [0.1, 0.15) is 11.5 Å². The first-order chi connectivity index (χ1) is 12.3. The maximum Gasteiger partial charge on any atom is 0.198 e. The zero-order valence-electron chi connectivity index (χ0n) is 14.4. The molecule has 4 heteroatoms. The first-order valence-electron chi connectivity index (χ1n) is 9.08. The van der Waals surface area contributed by atoms with Gasteiger partial charge < -0.3 is 9.47 Å². The summed E-state index contributed by atoms with van der Waals surface area (Å²) in [6.45, 7) is 0. The van der Waals surface area contributed by atoms with Crippen LogP contribution in [-0.2, 0) is 0 Å². The van der Waals surface area contributed by atoms with Gasteiger partial charge in [-0.1, -0.05) is 30.3 Å². The van der Waals surface area contributed by atoms with Crippen molar-refractivity contribution in [3.63, 3.8) is 0 Å². The van der Waals surface area contributed by atoms with Crippen LogP contribution in [-0.4, -0.2) is 23.6 Å². The van der Waals surface area contributed by atoms with Gasteiger partial charge >= 0.3 is 0 Å². The lowest BCUT2D eigenvalue weighted by Crippen LogP contribution is -2.51. The van der Waals surface area contributed by atoms with E-state index in [1.807, 2.05) is 12.1 Å². The maximum absolute atomic E-state index is 6.52. The highest BCUT2D eigenvalue weighted by Gasteiger charge is 2.51. The van der Waals surface area contributed by atoms with Gasteiger partial charge in [-0.3, -0.25) is 0 Å². The summed E-state index contributed by atoms with van der Waals surface area (Å²) in [5, 5.41) is 7.32. The van der Waals surface area contributed by atoms with E-state index in [2.05, 4.69) is 41.4 Å². The van der Waals surface area contributed by atoms with Crippen LogP contribution in [0.25, 0.3) is 0 Å². The fourth-order valence-corrected chi connectivity index (χ4v) is 4.46. The van der Waals surface area contributed by atoms with Crippen LogP contribution in [0.3, 0.4) is 0 Å². The van der Waals surface area contributed by atoms with Crippen LogP contribution in [0.1, 0.15) is 49.3 Å². The van der Waals surface area contributed by atoms with E-state index in [1.165, 1.54) is 18.4 Å². The second-order valence-electron chi connectivity index (χ2n) is 7.14. The van der Waals surface area contributed by atoms with E-state index < -0.39 is 0 Å². The Morgan fingerprint density at radius 1 is 1.12 bits per heavy atom. The molecular formula is C21H22N2O2. The van der Waals surface area contributed by atoms with Gasteiger partial charge in [-0.15, -0.1) is 0 Å². The molecule has 0 aromatic heterocycles. The molecule has 1 saturated carbocycles. The Bertz CT molecular complexity index is 839. The van der Waals surface area contributed by atoms with Crippen LogP contribution in [0.15, 0.2) is 53.6 Å². The monoisotopic (exact) mass is 334 g/mol. The van der Waals surface area contributed by atoms with E-state index >= 15 is 0 Å². The first-order valence-corrected chi connectivity index (χ1v) is 9.08. The van der Waals surface area contributed by atoms with Crippen LogP contribution in [0.2, 0.25) is 0 Å². The zero-order chi connectivity index (χ0) is 16.9. The number of nitrogens with zero attached hydrogens (tertiary/aromatic N) is 2. The Morgan fingerprint density at radius 3 is 2.80 bits per heavy atom. The van der Waals surface area contributed by atoms with Gasteiger partial charge in [0.25, 0.3) is 0 Å². The third-order valence-corrected chi connectivity index (χ3v) is 5.69. The van der Waals surface area contributed by atoms with Crippen molar-refractivity contribution in [2.24, 2.45) is 5.10 Å². The van der Waals surface area contributed by atoms with Gasteiger partial charge in [-0.25, -0.2) is 5.01 Å². The van der Waals surface area contributed by atoms with Crippen molar-refractivity contribution < 1.29 is 9.47 Å². The van der Waals surface area contributed by atoms with E-state index in [4.69, 9.17) is 14.6 Å². The highest BCUT2D eigenvalue weighted by molar-refractivity contribution is 6.02. The molecule has 1 fully saturated rings. The molecule has 1 aliphatic carbocycles. The molecule has 1 spiro atoms. The van der Waals surface area contributed by atoms with Gasteiger partial charge in [0, 0.05) is 30.4 Å². The number of ether oxygens (including phenoxy) is 2. The minimum atomic E-state index is -0.264. The number of benzene rings is 2. The number of rotatable bonds is 2. The predicted octanol–water partition coefficient (Wildman–Crippen LogP) is 4.51. The molecule has 4 nitrogen and oxygen atoms in total. The molecule has 25 heavy (non-hydrogen) atoms. The summed E-state index contributed by atoms with van der Waals surface area (Å²) in [5.41, 5.74) is 3.25. The Kier molecular flexibility index (Phi) is 3.27. The van der Waals surface area contributed by atoms with Gasteiger partial charge in [0.2, 0.25) is 0 Å². The SMILES string of the molecule is COc1cccc(C2=NN3[C@@H](C2)c2ccccc2OC32CCCC2)c1. The average Bonchev–Trinajstić information content (AvgIpc) is 3.30. The third-order valence-electron chi connectivity index (χ3n) is 5.69. The van der Waals surface area contributed by atoms with E-state index in [0.717, 1.165) is 42.0 Å². The maximum atomic E-state index is 6.52. The van der Waals surface area contributed by atoms with Gasteiger partial charge in [-0.2, -0.15) is 5.10 Å². The van der Waals surface area contributed by atoms with Crippen LogP contribution < -0.4 is 9.47 Å². The second kappa shape index (κ2) is 5.51. The average molecular weight is 334 g/mol. The van der Waals surface area contributed by atoms with E-state index in [9.17, 15) is 0 Å². The fraction of sp³-hybridized carbons (Fsp3) is 0.381. The Hall–Kier alpha value is -2.49. The summed E-state index contributed by atoms with van der Waals surface area (Å²) in [5.74, 6) is 1.91. The lowest BCUT2D eigenvalue weighted by molar-refractivity contribution is -0.114. The first kappa shape index (κ1) is 14.8. The third kappa shape index (κ3) is 2.24. The summed E-state index contributed by atoms with van der Waals surface area (Å²) in [4.78, 5) is 0.